The number of oxazole rings is 1. The van der Waals surface area contributed by atoms with Crippen molar-refractivity contribution in [3.05, 3.63) is 28.1 Å². The highest BCUT2D eigenvalue weighted by Crippen LogP contribution is 2.35. The Morgan fingerprint density at radius 2 is 2.12 bits per heavy atom. The summed E-state index contributed by atoms with van der Waals surface area (Å²) in [7, 11) is 1.70. The minimum atomic E-state index is -4.39. The van der Waals surface area contributed by atoms with Gasteiger partial charge in [-0.25, -0.2) is 4.98 Å². The van der Waals surface area contributed by atoms with Gasteiger partial charge in [0.15, 0.2) is 5.58 Å². The normalized spacial score (nSPS) is 12.3. The van der Waals surface area contributed by atoms with Crippen LogP contribution in [0.2, 0.25) is 0 Å². The first-order valence-corrected chi connectivity index (χ1v) is 5.52. The standard InChI is InChI=1S/C10H8BrF3N2O/c1-15-4-8-16-7-3-5(10(12,13)14)2-6(11)9(7)17-8/h2-3,15H,4H2,1H3. The van der Waals surface area contributed by atoms with Gasteiger partial charge in [0.2, 0.25) is 5.89 Å². The van der Waals surface area contributed by atoms with Gasteiger partial charge in [-0.3, -0.25) is 0 Å². The fraction of sp³-hybridized carbons (Fsp3) is 0.300. The molecule has 0 amide bonds. The van der Waals surface area contributed by atoms with Crippen molar-refractivity contribution in [2.24, 2.45) is 0 Å². The Morgan fingerprint density at radius 1 is 1.41 bits per heavy atom. The predicted molar refractivity (Wildman–Crippen MR) is 59.5 cm³/mol. The maximum absolute atomic E-state index is 12.6. The summed E-state index contributed by atoms with van der Waals surface area (Å²) in [4.78, 5) is 3.98. The lowest BCUT2D eigenvalue weighted by molar-refractivity contribution is -0.137. The van der Waals surface area contributed by atoms with Gasteiger partial charge < -0.3 is 9.73 Å². The Bertz CT molecular complexity index is 550. The van der Waals surface area contributed by atoms with Gasteiger partial charge in [-0.05, 0) is 35.1 Å². The van der Waals surface area contributed by atoms with Crippen LogP contribution in [0.25, 0.3) is 11.1 Å². The Morgan fingerprint density at radius 3 is 2.71 bits per heavy atom. The third-order valence-electron chi connectivity index (χ3n) is 2.14. The van der Waals surface area contributed by atoms with Crippen LogP contribution in [0.5, 0.6) is 0 Å². The van der Waals surface area contributed by atoms with Gasteiger partial charge in [0, 0.05) is 0 Å². The zero-order chi connectivity index (χ0) is 12.6. The van der Waals surface area contributed by atoms with Gasteiger partial charge in [-0.15, -0.1) is 0 Å². The van der Waals surface area contributed by atoms with Crippen LogP contribution >= 0.6 is 15.9 Å². The molecule has 2 aromatic rings. The number of halogens is 4. The van der Waals surface area contributed by atoms with Crippen molar-refractivity contribution in [1.82, 2.24) is 10.3 Å². The summed E-state index contributed by atoms with van der Waals surface area (Å²) in [6.45, 7) is 0.364. The summed E-state index contributed by atoms with van der Waals surface area (Å²) in [5.74, 6) is 0.350. The van der Waals surface area contributed by atoms with Crippen molar-refractivity contribution in [1.29, 1.82) is 0 Å². The maximum Gasteiger partial charge on any atom is 0.416 e. The average Bonchev–Trinajstić information content (AvgIpc) is 2.60. The Labute approximate surface area is 103 Å². The van der Waals surface area contributed by atoms with Gasteiger partial charge in [0.25, 0.3) is 0 Å². The third-order valence-corrected chi connectivity index (χ3v) is 2.73. The highest BCUT2D eigenvalue weighted by Gasteiger charge is 2.32. The lowest BCUT2D eigenvalue weighted by Crippen LogP contribution is -2.05. The molecule has 0 aliphatic heterocycles. The number of nitrogens with zero attached hydrogens (tertiary/aromatic N) is 1. The van der Waals surface area contributed by atoms with E-state index in [-0.39, 0.29) is 9.99 Å². The topological polar surface area (TPSA) is 38.1 Å². The van der Waals surface area contributed by atoms with Crippen LogP contribution in [0.1, 0.15) is 11.5 Å². The molecule has 17 heavy (non-hydrogen) atoms. The molecule has 0 atom stereocenters. The number of alkyl halides is 3. The maximum atomic E-state index is 12.6. The first-order chi connectivity index (χ1) is 7.91. The predicted octanol–water partition coefficient (Wildman–Crippen LogP) is 3.33. The number of hydrogen-bond donors (Lipinski definition) is 1. The highest BCUT2D eigenvalue weighted by molar-refractivity contribution is 9.10. The molecule has 7 heteroatoms. The van der Waals surface area contributed by atoms with Crippen LogP contribution < -0.4 is 5.32 Å². The van der Waals surface area contributed by atoms with Gasteiger partial charge in [0.1, 0.15) is 5.52 Å². The van der Waals surface area contributed by atoms with E-state index in [0.717, 1.165) is 12.1 Å². The second-order valence-corrected chi connectivity index (χ2v) is 4.30. The Kier molecular flexibility index (Phi) is 3.13. The van der Waals surface area contributed by atoms with Gasteiger partial charge >= 0.3 is 6.18 Å². The van der Waals surface area contributed by atoms with E-state index in [2.05, 4.69) is 26.2 Å². The van der Waals surface area contributed by atoms with E-state index in [4.69, 9.17) is 4.42 Å². The van der Waals surface area contributed by atoms with Crippen LogP contribution in [0, 0.1) is 0 Å². The van der Waals surface area contributed by atoms with Crippen molar-refractivity contribution in [2.75, 3.05) is 7.05 Å². The first kappa shape index (κ1) is 12.4. The smallest absolute Gasteiger partial charge is 0.416 e. The average molecular weight is 309 g/mol. The number of aromatic nitrogens is 1. The molecule has 0 bridgehead atoms. The summed E-state index contributed by atoms with van der Waals surface area (Å²) >= 11 is 3.05. The fourth-order valence-corrected chi connectivity index (χ4v) is 1.96. The minimum absolute atomic E-state index is 0.192. The SMILES string of the molecule is CNCc1nc2cc(C(F)(F)F)cc(Br)c2o1. The summed E-state index contributed by atoms with van der Waals surface area (Å²) in [5.41, 5.74) is -0.235. The lowest BCUT2D eigenvalue weighted by atomic mass is 10.2. The van der Waals surface area contributed by atoms with Crippen molar-refractivity contribution in [3.63, 3.8) is 0 Å². The van der Waals surface area contributed by atoms with Crippen LogP contribution in [0.4, 0.5) is 13.2 Å². The molecule has 0 saturated heterocycles. The van der Waals surface area contributed by atoms with Crippen molar-refractivity contribution in [3.8, 4) is 0 Å². The molecule has 92 valence electrons. The fourth-order valence-electron chi connectivity index (χ4n) is 1.43. The molecule has 1 N–H and O–H groups in total. The van der Waals surface area contributed by atoms with Crippen LogP contribution in [0.3, 0.4) is 0 Å². The van der Waals surface area contributed by atoms with Gasteiger partial charge in [0.05, 0.1) is 16.6 Å². The van der Waals surface area contributed by atoms with E-state index >= 15 is 0 Å². The van der Waals surface area contributed by atoms with Gasteiger partial charge in [-0.2, -0.15) is 13.2 Å². The van der Waals surface area contributed by atoms with Crippen molar-refractivity contribution >= 4 is 27.0 Å². The zero-order valence-corrected chi connectivity index (χ0v) is 10.3. The second kappa shape index (κ2) is 4.30. The Hall–Kier alpha value is -1.08. The molecule has 1 heterocycles. The molecule has 0 aliphatic rings. The summed E-state index contributed by atoms with van der Waals surface area (Å²) < 4.78 is 43.2. The molecular formula is C10H8BrF3N2O. The third kappa shape index (κ3) is 2.44. The zero-order valence-electron chi connectivity index (χ0n) is 8.73. The van der Waals surface area contributed by atoms with Gasteiger partial charge in [-0.1, -0.05) is 0 Å². The van der Waals surface area contributed by atoms with E-state index in [0.29, 0.717) is 18.0 Å². The molecule has 3 nitrogen and oxygen atoms in total. The molecule has 0 aliphatic carbocycles. The number of benzene rings is 1. The van der Waals surface area contributed by atoms with Crippen LogP contribution in [-0.2, 0) is 12.7 Å². The summed E-state index contributed by atoms with van der Waals surface area (Å²) in [5, 5.41) is 2.82. The van der Waals surface area contributed by atoms with E-state index in [1.54, 1.807) is 7.05 Å². The Balaban J connectivity index is 2.57. The quantitative estimate of drug-likeness (QED) is 0.925. The molecule has 2 rings (SSSR count). The van der Waals surface area contributed by atoms with Crippen molar-refractivity contribution < 1.29 is 17.6 Å². The number of fused-ring (bicyclic) bond motifs is 1. The second-order valence-electron chi connectivity index (χ2n) is 3.44. The molecular weight excluding hydrogens is 301 g/mol. The molecule has 0 spiro atoms. The van der Waals surface area contributed by atoms with Crippen LogP contribution in [-0.4, -0.2) is 12.0 Å². The van der Waals surface area contributed by atoms with E-state index in [1.807, 2.05) is 0 Å². The molecule has 1 aromatic heterocycles. The summed E-state index contributed by atoms with van der Waals surface area (Å²) in [6.07, 6.45) is -4.39. The van der Waals surface area contributed by atoms with E-state index in [9.17, 15) is 13.2 Å². The van der Waals surface area contributed by atoms with Crippen LogP contribution in [0.15, 0.2) is 21.0 Å². The number of hydrogen-bond acceptors (Lipinski definition) is 3. The highest BCUT2D eigenvalue weighted by atomic mass is 79.9. The minimum Gasteiger partial charge on any atom is -0.438 e. The number of nitrogens with one attached hydrogen (secondary N) is 1. The molecule has 0 radical (unpaired) electrons. The molecule has 1 aromatic carbocycles. The molecule has 0 unspecified atom stereocenters. The lowest BCUT2D eigenvalue weighted by Gasteiger charge is -2.06. The largest absolute Gasteiger partial charge is 0.438 e. The van der Waals surface area contributed by atoms with Crippen molar-refractivity contribution in [2.45, 2.75) is 12.7 Å². The van der Waals surface area contributed by atoms with E-state index < -0.39 is 11.7 Å². The monoisotopic (exact) mass is 308 g/mol. The molecule has 0 fully saturated rings. The summed E-state index contributed by atoms with van der Waals surface area (Å²) in [6, 6.07) is 1.96. The number of rotatable bonds is 2. The molecule has 0 saturated carbocycles. The van der Waals surface area contributed by atoms with E-state index in [1.165, 1.54) is 0 Å². The first-order valence-electron chi connectivity index (χ1n) is 4.72.